The molecule has 0 saturated carbocycles. The summed E-state index contributed by atoms with van der Waals surface area (Å²) in [5.41, 5.74) is 0.466. The lowest BCUT2D eigenvalue weighted by molar-refractivity contribution is -0.136. The molecule has 0 saturated heterocycles. The van der Waals surface area contributed by atoms with Crippen molar-refractivity contribution in [2.75, 3.05) is 6.61 Å². The third-order valence-electron chi connectivity index (χ3n) is 1.94. The number of hydrogen-bond acceptors (Lipinski definition) is 3. The molecule has 1 aromatic carbocycles. The van der Waals surface area contributed by atoms with E-state index in [2.05, 4.69) is 16.6 Å². The maximum Gasteiger partial charge on any atom is 0.384 e. The van der Waals surface area contributed by atoms with Crippen molar-refractivity contribution in [1.29, 1.82) is 0 Å². The molecule has 0 bridgehead atoms. The standard InChI is InChI=1S/C13H11FO3/c1-3-17-13(16)7-5-10-4-6-11(14)8-12(10)9(2)15/h4,6,8H,3H2,1-2H3. The number of carbonyl (C=O) groups is 2. The van der Waals surface area contributed by atoms with Crippen molar-refractivity contribution in [3.05, 3.63) is 35.1 Å². The number of ketones is 1. The number of rotatable bonds is 2. The van der Waals surface area contributed by atoms with E-state index in [1.807, 2.05) is 0 Å². The molecule has 17 heavy (non-hydrogen) atoms. The smallest absolute Gasteiger partial charge is 0.384 e. The van der Waals surface area contributed by atoms with Crippen molar-refractivity contribution >= 4 is 11.8 Å². The molecule has 0 atom stereocenters. The Morgan fingerprint density at radius 1 is 1.41 bits per heavy atom. The molecule has 0 aliphatic rings. The fraction of sp³-hybridized carbons (Fsp3) is 0.231. The molecule has 0 aliphatic heterocycles. The van der Waals surface area contributed by atoms with Gasteiger partial charge in [0.2, 0.25) is 0 Å². The Labute approximate surface area is 98.6 Å². The summed E-state index contributed by atoms with van der Waals surface area (Å²) >= 11 is 0. The average Bonchev–Trinajstić information content (AvgIpc) is 2.27. The highest BCUT2D eigenvalue weighted by molar-refractivity contribution is 5.97. The second-order valence-corrected chi connectivity index (χ2v) is 3.22. The van der Waals surface area contributed by atoms with Crippen LogP contribution < -0.4 is 0 Å². The second kappa shape index (κ2) is 5.80. The van der Waals surface area contributed by atoms with E-state index in [-0.39, 0.29) is 18.0 Å². The van der Waals surface area contributed by atoms with Crippen molar-refractivity contribution in [3.63, 3.8) is 0 Å². The van der Waals surface area contributed by atoms with E-state index in [0.717, 1.165) is 6.07 Å². The Morgan fingerprint density at radius 2 is 2.12 bits per heavy atom. The van der Waals surface area contributed by atoms with Crippen LogP contribution in [0.15, 0.2) is 18.2 Å². The number of halogens is 1. The number of ether oxygens (including phenoxy) is 1. The van der Waals surface area contributed by atoms with E-state index < -0.39 is 11.8 Å². The summed E-state index contributed by atoms with van der Waals surface area (Å²) < 4.78 is 17.6. The molecule has 0 spiro atoms. The zero-order valence-corrected chi connectivity index (χ0v) is 9.54. The van der Waals surface area contributed by atoms with Gasteiger partial charge in [-0.15, -0.1) is 0 Å². The summed E-state index contributed by atoms with van der Waals surface area (Å²) in [6, 6.07) is 3.64. The Bertz CT molecular complexity index is 509. The first-order valence-corrected chi connectivity index (χ1v) is 5.04. The molecule has 0 N–H and O–H groups in total. The van der Waals surface area contributed by atoms with Gasteiger partial charge < -0.3 is 4.74 Å². The lowest BCUT2D eigenvalue weighted by Crippen LogP contribution is -2.01. The summed E-state index contributed by atoms with van der Waals surface area (Å²) in [6.07, 6.45) is 0. The lowest BCUT2D eigenvalue weighted by atomic mass is 10.0. The van der Waals surface area contributed by atoms with Crippen molar-refractivity contribution < 1.29 is 18.7 Å². The monoisotopic (exact) mass is 234 g/mol. The first-order valence-electron chi connectivity index (χ1n) is 5.04. The lowest BCUT2D eigenvalue weighted by Gasteiger charge is -1.99. The minimum absolute atomic E-state index is 0.154. The molecule has 3 nitrogen and oxygen atoms in total. The van der Waals surface area contributed by atoms with Gasteiger partial charge in [0.15, 0.2) is 5.78 Å². The number of hydrogen-bond donors (Lipinski definition) is 0. The van der Waals surface area contributed by atoms with Crippen LogP contribution in [-0.4, -0.2) is 18.4 Å². The molecular formula is C13H11FO3. The highest BCUT2D eigenvalue weighted by Crippen LogP contribution is 2.10. The van der Waals surface area contributed by atoms with Crippen LogP contribution in [0.1, 0.15) is 29.8 Å². The van der Waals surface area contributed by atoms with Crippen LogP contribution in [0.4, 0.5) is 4.39 Å². The molecule has 0 amide bonds. The number of Topliss-reactive ketones (excluding diaryl/α,β-unsaturated/α-hetero) is 1. The topological polar surface area (TPSA) is 43.4 Å². The van der Waals surface area contributed by atoms with Crippen LogP contribution in [0.3, 0.4) is 0 Å². The van der Waals surface area contributed by atoms with Gasteiger partial charge in [-0.2, -0.15) is 0 Å². The van der Waals surface area contributed by atoms with Crippen LogP contribution >= 0.6 is 0 Å². The Hall–Kier alpha value is -2.15. The molecule has 0 radical (unpaired) electrons. The van der Waals surface area contributed by atoms with Crippen LogP contribution in [0.5, 0.6) is 0 Å². The minimum atomic E-state index is -0.675. The van der Waals surface area contributed by atoms with E-state index in [1.54, 1.807) is 6.92 Å². The van der Waals surface area contributed by atoms with Gasteiger partial charge in [0.05, 0.1) is 6.61 Å². The normalized spacial score (nSPS) is 9.12. The summed E-state index contributed by atoms with van der Waals surface area (Å²) in [7, 11) is 0. The Balaban J connectivity index is 3.06. The predicted molar refractivity (Wildman–Crippen MR) is 59.9 cm³/mol. The van der Waals surface area contributed by atoms with Crippen LogP contribution in [0, 0.1) is 17.7 Å². The van der Waals surface area contributed by atoms with Crippen molar-refractivity contribution in [1.82, 2.24) is 0 Å². The Kier molecular flexibility index (Phi) is 4.41. The zero-order valence-electron chi connectivity index (χ0n) is 9.54. The SMILES string of the molecule is CCOC(=O)C#Cc1ccc(F)cc1C(C)=O. The summed E-state index contributed by atoms with van der Waals surface area (Å²) in [4.78, 5) is 22.2. The van der Waals surface area contributed by atoms with Gasteiger partial charge in [0, 0.05) is 17.0 Å². The maximum atomic E-state index is 12.9. The van der Waals surface area contributed by atoms with Crippen molar-refractivity contribution in [3.8, 4) is 11.8 Å². The minimum Gasteiger partial charge on any atom is -0.456 e. The van der Waals surface area contributed by atoms with Crippen molar-refractivity contribution in [2.45, 2.75) is 13.8 Å². The highest BCUT2D eigenvalue weighted by atomic mass is 19.1. The van der Waals surface area contributed by atoms with Gasteiger partial charge in [0.1, 0.15) is 5.82 Å². The molecule has 1 rings (SSSR count). The Morgan fingerprint density at radius 3 is 2.71 bits per heavy atom. The molecule has 4 heteroatoms. The van der Waals surface area contributed by atoms with E-state index in [9.17, 15) is 14.0 Å². The molecule has 0 fully saturated rings. The molecule has 0 aliphatic carbocycles. The first-order chi connectivity index (χ1) is 8.04. The summed E-state index contributed by atoms with van der Waals surface area (Å²) in [5.74, 6) is 3.22. The van der Waals surface area contributed by atoms with E-state index in [0.29, 0.717) is 5.56 Å². The van der Waals surface area contributed by atoms with Gasteiger partial charge >= 0.3 is 5.97 Å². The number of benzene rings is 1. The third kappa shape index (κ3) is 3.72. The predicted octanol–water partition coefficient (Wildman–Crippen LogP) is 1.94. The van der Waals surface area contributed by atoms with Gasteiger partial charge in [-0.3, -0.25) is 4.79 Å². The quantitative estimate of drug-likeness (QED) is 0.446. The van der Waals surface area contributed by atoms with Gasteiger partial charge in [-0.05, 0) is 32.0 Å². The average molecular weight is 234 g/mol. The van der Waals surface area contributed by atoms with Gasteiger partial charge in [-0.1, -0.05) is 5.92 Å². The fourth-order valence-electron chi connectivity index (χ4n) is 1.20. The van der Waals surface area contributed by atoms with Gasteiger partial charge in [-0.25, -0.2) is 9.18 Å². The largest absolute Gasteiger partial charge is 0.456 e. The molecule has 0 heterocycles. The number of carbonyl (C=O) groups excluding carboxylic acids is 2. The van der Waals surface area contributed by atoms with Crippen LogP contribution in [-0.2, 0) is 9.53 Å². The summed E-state index contributed by atoms with van der Waals surface area (Å²) in [5, 5.41) is 0. The second-order valence-electron chi connectivity index (χ2n) is 3.22. The van der Waals surface area contributed by atoms with E-state index in [4.69, 9.17) is 0 Å². The zero-order chi connectivity index (χ0) is 12.8. The number of esters is 1. The highest BCUT2D eigenvalue weighted by Gasteiger charge is 2.07. The van der Waals surface area contributed by atoms with E-state index in [1.165, 1.54) is 19.1 Å². The third-order valence-corrected chi connectivity index (χ3v) is 1.94. The molecule has 88 valence electrons. The molecular weight excluding hydrogens is 223 g/mol. The maximum absolute atomic E-state index is 12.9. The van der Waals surface area contributed by atoms with E-state index >= 15 is 0 Å². The summed E-state index contributed by atoms with van der Waals surface area (Å²) in [6.45, 7) is 3.21. The molecule has 0 unspecified atom stereocenters. The molecule has 1 aromatic rings. The molecule has 0 aromatic heterocycles. The fourth-order valence-corrected chi connectivity index (χ4v) is 1.20. The van der Waals surface area contributed by atoms with Crippen molar-refractivity contribution in [2.24, 2.45) is 0 Å². The van der Waals surface area contributed by atoms with Gasteiger partial charge in [0.25, 0.3) is 0 Å². The van der Waals surface area contributed by atoms with Crippen LogP contribution in [0.2, 0.25) is 0 Å². The first kappa shape index (κ1) is 12.9. The van der Waals surface area contributed by atoms with Crippen LogP contribution in [0.25, 0.3) is 0 Å².